The SMILES string of the molecule is CN(CC(C)(C)CN)S(=O)(=O)c1ccc(-c2ccccc2)cc1. The molecule has 0 aliphatic heterocycles. The first-order valence-electron chi connectivity index (χ1n) is 7.58. The molecule has 0 unspecified atom stereocenters. The largest absolute Gasteiger partial charge is 0.330 e. The van der Waals surface area contributed by atoms with E-state index in [2.05, 4.69) is 0 Å². The van der Waals surface area contributed by atoms with Crippen molar-refractivity contribution in [1.29, 1.82) is 0 Å². The molecule has 124 valence electrons. The van der Waals surface area contributed by atoms with Gasteiger partial charge in [-0.1, -0.05) is 56.3 Å². The van der Waals surface area contributed by atoms with E-state index in [0.29, 0.717) is 18.0 Å². The molecule has 23 heavy (non-hydrogen) atoms. The second-order valence-corrected chi connectivity index (χ2v) is 8.56. The number of hydrogen-bond acceptors (Lipinski definition) is 3. The molecule has 0 aliphatic rings. The second kappa shape index (κ2) is 6.83. The quantitative estimate of drug-likeness (QED) is 0.884. The molecule has 0 atom stereocenters. The van der Waals surface area contributed by atoms with Crippen LogP contribution < -0.4 is 5.73 Å². The fourth-order valence-electron chi connectivity index (χ4n) is 2.38. The van der Waals surface area contributed by atoms with Crippen LogP contribution in [0.5, 0.6) is 0 Å². The third-order valence-electron chi connectivity index (χ3n) is 3.87. The zero-order valence-electron chi connectivity index (χ0n) is 13.9. The van der Waals surface area contributed by atoms with Crippen LogP contribution in [0.4, 0.5) is 0 Å². The molecule has 0 fully saturated rings. The molecule has 0 spiro atoms. The lowest BCUT2D eigenvalue weighted by Crippen LogP contribution is -2.39. The summed E-state index contributed by atoms with van der Waals surface area (Å²) in [5.41, 5.74) is 7.50. The van der Waals surface area contributed by atoms with Gasteiger partial charge >= 0.3 is 0 Å². The van der Waals surface area contributed by atoms with Crippen LogP contribution in [0.2, 0.25) is 0 Å². The van der Waals surface area contributed by atoms with Crippen molar-refractivity contribution < 1.29 is 8.42 Å². The highest BCUT2D eigenvalue weighted by Gasteiger charge is 2.27. The number of nitrogens with zero attached hydrogens (tertiary/aromatic N) is 1. The van der Waals surface area contributed by atoms with E-state index in [0.717, 1.165) is 11.1 Å². The molecule has 0 aromatic heterocycles. The molecule has 0 radical (unpaired) electrons. The Hall–Kier alpha value is -1.69. The highest BCUT2D eigenvalue weighted by atomic mass is 32.2. The van der Waals surface area contributed by atoms with Gasteiger partial charge in [0.25, 0.3) is 0 Å². The minimum absolute atomic E-state index is 0.258. The summed E-state index contributed by atoms with van der Waals surface area (Å²) in [6.45, 7) is 4.72. The number of nitrogens with two attached hydrogens (primary N) is 1. The Bertz CT molecular complexity index is 738. The maximum absolute atomic E-state index is 12.7. The zero-order valence-corrected chi connectivity index (χ0v) is 14.7. The standard InChI is InChI=1S/C18H24N2O2S/c1-18(2,13-19)14-20(3)23(21,22)17-11-9-16(10-12-17)15-7-5-4-6-8-15/h4-12H,13-14,19H2,1-3H3. The van der Waals surface area contributed by atoms with Gasteiger partial charge in [0.2, 0.25) is 10.0 Å². The van der Waals surface area contributed by atoms with Gasteiger partial charge in [-0.3, -0.25) is 0 Å². The lowest BCUT2D eigenvalue weighted by Gasteiger charge is -2.28. The molecule has 2 rings (SSSR count). The summed E-state index contributed by atoms with van der Waals surface area (Å²) in [5.74, 6) is 0. The maximum Gasteiger partial charge on any atom is 0.242 e. The summed E-state index contributed by atoms with van der Waals surface area (Å²) in [7, 11) is -1.91. The summed E-state index contributed by atoms with van der Waals surface area (Å²) in [4.78, 5) is 0.299. The van der Waals surface area contributed by atoms with Crippen molar-refractivity contribution in [3.05, 3.63) is 54.6 Å². The lowest BCUT2D eigenvalue weighted by molar-refractivity contribution is 0.292. The van der Waals surface area contributed by atoms with E-state index in [1.807, 2.05) is 56.3 Å². The fourth-order valence-corrected chi connectivity index (χ4v) is 3.74. The first-order valence-corrected chi connectivity index (χ1v) is 9.02. The average molecular weight is 332 g/mol. The Morgan fingerprint density at radius 2 is 1.48 bits per heavy atom. The molecule has 0 heterocycles. The molecular formula is C18H24N2O2S. The second-order valence-electron chi connectivity index (χ2n) is 6.52. The Balaban J connectivity index is 2.24. The van der Waals surface area contributed by atoms with Crippen molar-refractivity contribution in [3.8, 4) is 11.1 Å². The molecule has 2 aromatic rings. The summed E-state index contributed by atoms with van der Waals surface area (Å²) in [6, 6.07) is 16.9. The van der Waals surface area contributed by atoms with E-state index < -0.39 is 10.0 Å². The molecule has 5 heteroatoms. The van der Waals surface area contributed by atoms with E-state index in [9.17, 15) is 8.42 Å². The maximum atomic E-state index is 12.7. The van der Waals surface area contributed by atoms with Crippen molar-refractivity contribution in [1.82, 2.24) is 4.31 Å². The van der Waals surface area contributed by atoms with Crippen LogP contribution >= 0.6 is 0 Å². The van der Waals surface area contributed by atoms with E-state index in [4.69, 9.17) is 5.73 Å². The first-order chi connectivity index (χ1) is 10.8. The van der Waals surface area contributed by atoms with Crippen LogP contribution in [0.25, 0.3) is 11.1 Å². The molecule has 0 saturated heterocycles. The predicted octanol–water partition coefficient (Wildman–Crippen LogP) is 2.96. The van der Waals surface area contributed by atoms with Gasteiger partial charge in [-0.05, 0) is 35.2 Å². The predicted molar refractivity (Wildman–Crippen MR) is 94.5 cm³/mol. The van der Waals surface area contributed by atoms with Crippen LogP contribution in [-0.4, -0.2) is 32.9 Å². The lowest BCUT2D eigenvalue weighted by atomic mass is 9.94. The molecule has 2 N–H and O–H groups in total. The van der Waals surface area contributed by atoms with E-state index in [1.54, 1.807) is 19.2 Å². The van der Waals surface area contributed by atoms with Gasteiger partial charge in [0.05, 0.1) is 4.90 Å². The first kappa shape index (κ1) is 17.7. The molecule has 0 saturated carbocycles. The smallest absolute Gasteiger partial charge is 0.242 e. The highest BCUT2D eigenvalue weighted by Crippen LogP contribution is 2.24. The van der Waals surface area contributed by atoms with E-state index in [-0.39, 0.29) is 5.41 Å². The van der Waals surface area contributed by atoms with Gasteiger partial charge in [-0.15, -0.1) is 0 Å². The number of sulfonamides is 1. The van der Waals surface area contributed by atoms with Crippen molar-refractivity contribution in [2.45, 2.75) is 18.7 Å². The van der Waals surface area contributed by atoms with Crippen LogP contribution in [-0.2, 0) is 10.0 Å². The topological polar surface area (TPSA) is 63.4 Å². The molecular weight excluding hydrogens is 308 g/mol. The van der Waals surface area contributed by atoms with Crippen molar-refractivity contribution >= 4 is 10.0 Å². The van der Waals surface area contributed by atoms with Crippen LogP contribution in [0.3, 0.4) is 0 Å². The summed E-state index contributed by atoms with van der Waals surface area (Å²) < 4.78 is 26.7. The van der Waals surface area contributed by atoms with Crippen LogP contribution in [0, 0.1) is 5.41 Å². The minimum atomic E-state index is -3.50. The third-order valence-corrected chi connectivity index (χ3v) is 5.69. The molecule has 0 amide bonds. The Kier molecular flexibility index (Phi) is 5.24. The molecule has 2 aromatic carbocycles. The summed E-state index contributed by atoms with van der Waals surface area (Å²) in [5, 5.41) is 0. The summed E-state index contributed by atoms with van der Waals surface area (Å²) >= 11 is 0. The number of hydrogen-bond donors (Lipinski definition) is 1. The van der Waals surface area contributed by atoms with Crippen molar-refractivity contribution in [3.63, 3.8) is 0 Å². The van der Waals surface area contributed by atoms with Crippen LogP contribution in [0.1, 0.15) is 13.8 Å². The molecule has 0 aliphatic carbocycles. The zero-order chi connectivity index (χ0) is 17.1. The minimum Gasteiger partial charge on any atom is -0.330 e. The highest BCUT2D eigenvalue weighted by molar-refractivity contribution is 7.89. The van der Waals surface area contributed by atoms with Crippen LogP contribution in [0.15, 0.2) is 59.5 Å². The summed E-state index contributed by atoms with van der Waals surface area (Å²) in [6.07, 6.45) is 0. The Morgan fingerprint density at radius 1 is 0.957 bits per heavy atom. The van der Waals surface area contributed by atoms with Gasteiger partial charge in [-0.25, -0.2) is 12.7 Å². The third kappa shape index (κ3) is 4.19. The van der Waals surface area contributed by atoms with Gasteiger partial charge in [0.1, 0.15) is 0 Å². The molecule has 4 nitrogen and oxygen atoms in total. The van der Waals surface area contributed by atoms with Gasteiger partial charge in [0.15, 0.2) is 0 Å². The monoisotopic (exact) mass is 332 g/mol. The fraction of sp³-hybridized carbons (Fsp3) is 0.333. The van der Waals surface area contributed by atoms with Crippen molar-refractivity contribution in [2.75, 3.05) is 20.1 Å². The van der Waals surface area contributed by atoms with Gasteiger partial charge in [-0.2, -0.15) is 0 Å². The average Bonchev–Trinajstić information content (AvgIpc) is 2.55. The van der Waals surface area contributed by atoms with Gasteiger partial charge < -0.3 is 5.73 Å². The normalized spacial score (nSPS) is 12.6. The number of rotatable bonds is 6. The van der Waals surface area contributed by atoms with E-state index >= 15 is 0 Å². The van der Waals surface area contributed by atoms with E-state index in [1.165, 1.54) is 4.31 Å². The Labute approximate surface area is 139 Å². The molecule has 0 bridgehead atoms. The van der Waals surface area contributed by atoms with Gasteiger partial charge in [0, 0.05) is 13.6 Å². The number of benzene rings is 2. The van der Waals surface area contributed by atoms with Crippen molar-refractivity contribution in [2.24, 2.45) is 11.1 Å². The Morgan fingerprint density at radius 3 is 2.00 bits per heavy atom.